The molecular formula is C21H25NS2. The summed E-state index contributed by atoms with van der Waals surface area (Å²) in [5.41, 5.74) is 3.76. The smallest absolute Gasteiger partial charge is 0.136 e. The maximum absolute atomic E-state index is 5.71. The molecule has 0 heterocycles. The van der Waals surface area contributed by atoms with Crippen molar-refractivity contribution >= 4 is 34.4 Å². The molecular weight excluding hydrogens is 330 g/mol. The van der Waals surface area contributed by atoms with Crippen molar-refractivity contribution in [2.24, 2.45) is 0 Å². The molecule has 0 N–H and O–H groups in total. The molecule has 2 aromatic carbocycles. The van der Waals surface area contributed by atoms with Crippen LogP contribution in [0.15, 0.2) is 61.2 Å². The zero-order chi connectivity index (χ0) is 17.2. The van der Waals surface area contributed by atoms with Gasteiger partial charge in [0.05, 0.1) is 0 Å². The summed E-state index contributed by atoms with van der Waals surface area (Å²) >= 11 is 7.46. The summed E-state index contributed by atoms with van der Waals surface area (Å²) in [4.78, 5) is 2.33. The van der Waals surface area contributed by atoms with Gasteiger partial charge in [0.15, 0.2) is 0 Å². The molecule has 1 nitrogen and oxygen atoms in total. The van der Waals surface area contributed by atoms with Crippen molar-refractivity contribution in [2.45, 2.75) is 32.1 Å². The van der Waals surface area contributed by atoms with Crippen LogP contribution in [0, 0.1) is 0 Å². The largest absolute Gasteiger partial charge is 0.353 e. The van der Waals surface area contributed by atoms with E-state index < -0.39 is 0 Å². The number of rotatable bonds is 8. The third-order valence-electron chi connectivity index (χ3n) is 3.83. The van der Waals surface area contributed by atoms with Crippen LogP contribution in [0.4, 0.5) is 0 Å². The lowest BCUT2D eigenvalue weighted by molar-refractivity contribution is 0.415. The highest BCUT2D eigenvalue weighted by molar-refractivity contribution is 8.22. The number of benzene rings is 2. The van der Waals surface area contributed by atoms with Gasteiger partial charge in [-0.3, -0.25) is 0 Å². The van der Waals surface area contributed by atoms with Crippen LogP contribution in [0.1, 0.15) is 36.5 Å². The van der Waals surface area contributed by atoms with Crippen molar-refractivity contribution in [3.05, 3.63) is 77.9 Å². The number of unbranched alkanes of at least 4 members (excludes halogenated alkanes) is 1. The first-order chi connectivity index (χ1) is 11.7. The summed E-state index contributed by atoms with van der Waals surface area (Å²) in [5.74, 6) is 0.928. The van der Waals surface area contributed by atoms with Crippen LogP contribution in [0.25, 0.3) is 6.08 Å². The number of thiocarbonyl (C=S) groups is 1. The Kier molecular flexibility index (Phi) is 8.06. The number of hydrogen-bond acceptors (Lipinski definition) is 2. The van der Waals surface area contributed by atoms with E-state index in [2.05, 4.69) is 66.9 Å². The number of thioether (sulfide) groups is 1. The molecule has 0 aliphatic carbocycles. The van der Waals surface area contributed by atoms with Crippen molar-refractivity contribution in [1.82, 2.24) is 4.90 Å². The highest BCUT2D eigenvalue weighted by atomic mass is 32.2. The SMILES string of the molecule is C=Cc1ccc(CN(CCCC)C(=S)SCc2ccccc2)cc1. The summed E-state index contributed by atoms with van der Waals surface area (Å²) in [5, 5.41) is 0. The van der Waals surface area contributed by atoms with Crippen molar-refractivity contribution in [3.8, 4) is 0 Å². The topological polar surface area (TPSA) is 3.24 Å². The highest BCUT2D eigenvalue weighted by Crippen LogP contribution is 2.19. The van der Waals surface area contributed by atoms with Crippen LogP contribution in [0.2, 0.25) is 0 Å². The average molecular weight is 356 g/mol. The molecule has 0 amide bonds. The Hall–Kier alpha value is -1.58. The van der Waals surface area contributed by atoms with E-state index in [1.807, 2.05) is 12.1 Å². The zero-order valence-electron chi connectivity index (χ0n) is 14.3. The molecule has 0 aliphatic rings. The predicted molar refractivity (Wildman–Crippen MR) is 112 cm³/mol. The molecule has 0 saturated carbocycles. The van der Waals surface area contributed by atoms with Crippen molar-refractivity contribution < 1.29 is 0 Å². The van der Waals surface area contributed by atoms with Gasteiger partial charge in [-0.15, -0.1) is 0 Å². The van der Waals surface area contributed by atoms with Gasteiger partial charge in [0.25, 0.3) is 0 Å². The van der Waals surface area contributed by atoms with Crippen LogP contribution in [-0.4, -0.2) is 15.8 Å². The maximum atomic E-state index is 5.71. The Labute approximate surface area is 155 Å². The number of nitrogens with zero attached hydrogens (tertiary/aromatic N) is 1. The quantitative estimate of drug-likeness (QED) is 0.523. The molecule has 3 heteroatoms. The Bertz CT molecular complexity index is 635. The third kappa shape index (κ3) is 6.14. The fraction of sp³-hybridized carbons (Fsp3) is 0.286. The monoisotopic (exact) mass is 355 g/mol. The molecule has 0 atom stereocenters. The Morgan fingerprint density at radius 2 is 1.79 bits per heavy atom. The van der Waals surface area contributed by atoms with E-state index in [1.165, 1.54) is 17.5 Å². The van der Waals surface area contributed by atoms with Gasteiger partial charge in [0.2, 0.25) is 0 Å². The van der Waals surface area contributed by atoms with Crippen LogP contribution in [0.3, 0.4) is 0 Å². The molecule has 2 aromatic rings. The Morgan fingerprint density at radius 3 is 2.42 bits per heavy atom. The molecule has 126 valence electrons. The Morgan fingerprint density at radius 1 is 1.08 bits per heavy atom. The van der Waals surface area contributed by atoms with Crippen LogP contribution < -0.4 is 0 Å². The normalized spacial score (nSPS) is 10.4. The zero-order valence-corrected chi connectivity index (χ0v) is 15.9. The molecule has 0 radical (unpaired) electrons. The van der Waals surface area contributed by atoms with E-state index in [4.69, 9.17) is 12.2 Å². The second-order valence-electron chi connectivity index (χ2n) is 5.76. The fourth-order valence-corrected chi connectivity index (χ4v) is 3.53. The first-order valence-electron chi connectivity index (χ1n) is 8.40. The van der Waals surface area contributed by atoms with Gasteiger partial charge in [-0.2, -0.15) is 0 Å². The minimum atomic E-state index is 0.873. The third-order valence-corrected chi connectivity index (χ3v) is 5.43. The first-order valence-corrected chi connectivity index (χ1v) is 9.79. The molecule has 0 aliphatic heterocycles. The summed E-state index contributed by atoms with van der Waals surface area (Å²) in [6, 6.07) is 19.1. The molecule has 24 heavy (non-hydrogen) atoms. The molecule has 0 spiro atoms. The summed E-state index contributed by atoms with van der Waals surface area (Å²) in [6.45, 7) is 7.92. The summed E-state index contributed by atoms with van der Waals surface area (Å²) in [6.07, 6.45) is 4.22. The van der Waals surface area contributed by atoms with Crippen molar-refractivity contribution in [1.29, 1.82) is 0 Å². The van der Waals surface area contributed by atoms with Crippen LogP contribution in [0.5, 0.6) is 0 Å². The minimum absolute atomic E-state index is 0.873. The van der Waals surface area contributed by atoms with E-state index in [9.17, 15) is 0 Å². The lowest BCUT2D eigenvalue weighted by atomic mass is 10.1. The Balaban J connectivity index is 1.97. The molecule has 2 rings (SSSR count). The van der Waals surface area contributed by atoms with Gasteiger partial charge in [-0.1, -0.05) is 105 Å². The van der Waals surface area contributed by atoms with E-state index >= 15 is 0 Å². The van der Waals surface area contributed by atoms with Gasteiger partial charge in [0.1, 0.15) is 4.32 Å². The summed E-state index contributed by atoms with van der Waals surface area (Å²) < 4.78 is 0.986. The molecule has 0 unspecified atom stereocenters. The molecule has 0 bridgehead atoms. The lowest BCUT2D eigenvalue weighted by Gasteiger charge is -2.25. The molecule has 0 aromatic heterocycles. The number of hydrogen-bond donors (Lipinski definition) is 0. The van der Waals surface area contributed by atoms with Gasteiger partial charge in [-0.25, -0.2) is 0 Å². The van der Waals surface area contributed by atoms with Crippen molar-refractivity contribution in [2.75, 3.05) is 6.54 Å². The van der Waals surface area contributed by atoms with Gasteiger partial charge in [-0.05, 0) is 23.1 Å². The molecule has 0 saturated heterocycles. The lowest BCUT2D eigenvalue weighted by Crippen LogP contribution is -2.28. The first kappa shape index (κ1) is 18.8. The van der Waals surface area contributed by atoms with E-state index in [0.29, 0.717) is 0 Å². The fourth-order valence-electron chi connectivity index (χ4n) is 2.37. The predicted octanol–water partition coefficient (Wildman–Crippen LogP) is 6.15. The second-order valence-corrected chi connectivity index (χ2v) is 7.37. The molecule has 0 fully saturated rings. The van der Waals surface area contributed by atoms with Crippen LogP contribution >= 0.6 is 24.0 Å². The van der Waals surface area contributed by atoms with Gasteiger partial charge < -0.3 is 4.90 Å². The maximum Gasteiger partial charge on any atom is 0.136 e. The standard InChI is InChI=1S/C21H25NS2/c1-3-5-15-22(16-19-13-11-18(4-2)12-14-19)21(23)24-17-20-9-7-6-8-10-20/h4,6-14H,2-3,5,15-17H2,1H3. The van der Waals surface area contributed by atoms with E-state index in [0.717, 1.165) is 35.1 Å². The van der Waals surface area contributed by atoms with Crippen LogP contribution in [-0.2, 0) is 12.3 Å². The van der Waals surface area contributed by atoms with Crippen molar-refractivity contribution in [3.63, 3.8) is 0 Å². The average Bonchev–Trinajstić information content (AvgIpc) is 2.64. The summed E-state index contributed by atoms with van der Waals surface area (Å²) in [7, 11) is 0. The van der Waals surface area contributed by atoms with Gasteiger partial charge in [0, 0.05) is 18.8 Å². The van der Waals surface area contributed by atoms with Gasteiger partial charge >= 0.3 is 0 Å². The highest BCUT2D eigenvalue weighted by Gasteiger charge is 2.11. The minimum Gasteiger partial charge on any atom is -0.353 e. The second kappa shape index (κ2) is 10.3. The van der Waals surface area contributed by atoms with E-state index in [-0.39, 0.29) is 0 Å². The van der Waals surface area contributed by atoms with E-state index in [1.54, 1.807) is 11.8 Å².